The van der Waals surface area contributed by atoms with E-state index >= 15 is 0 Å². The Kier molecular flexibility index (Phi) is 5.12. The van der Waals surface area contributed by atoms with Gasteiger partial charge >= 0.3 is 5.97 Å². The van der Waals surface area contributed by atoms with Crippen molar-refractivity contribution < 1.29 is 14.6 Å². The molecule has 0 heterocycles. The molecule has 1 rings (SSSR count). The van der Waals surface area contributed by atoms with E-state index in [-0.39, 0.29) is 12.6 Å². The van der Waals surface area contributed by atoms with E-state index < -0.39 is 11.9 Å². The van der Waals surface area contributed by atoms with Gasteiger partial charge in [-0.05, 0) is 24.5 Å². The number of carbonyl (C=O) groups is 1. The van der Waals surface area contributed by atoms with E-state index in [9.17, 15) is 4.79 Å². The van der Waals surface area contributed by atoms with E-state index in [1.165, 1.54) is 0 Å². The van der Waals surface area contributed by atoms with Crippen molar-refractivity contribution in [3.05, 3.63) is 35.4 Å². The van der Waals surface area contributed by atoms with Crippen LogP contribution in [0, 0.1) is 0 Å². The summed E-state index contributed by atoms with van der Waals surface area (Å²) in [4.78, 5) is 11.1. The number of benzene rings is 1. The van der Waals surface area contributed by atoms with Crippen molar-refractivity contribution in [2.75, 3.05) is 13.7 Å². The number of ether oxygens (including phenoxy) is 1. The molecule has 94 valence electrons. The van der Waals surface area contributed by atoms with Gasteiger partial charge in [-0.15, -0.1) is 0 Å². The van der Waals surface area contributed by atoms with Gasteiger partial charge in [0.05, 0.1) is 12.0 Å². The van der Waals surface area contributed by atoms with Gasteiger partial charge in [-0.1, -0.05) is 24.3 Å². The van der Waals surface area contributed by atoms with Gasteiger partial charge in [0.25, 0.3) is 0 Å². The normalized spacial score (nSPS) is 14.3. The molecular weight excluding hydrogens is 218 g/mol. The molecular formula is C13H19NO3. The van der Waals surface area contributed by atoms with Gasteiger partial charge in [-0.2, -0.15) is 0 Å². The van der Waals surface area contributed by atoms with Crippen LogP contribution in [0.5, 0.6) is 0 Å². The lowest BCUT2D eigenvalue weighted by atomic mass is 9.91. The molecule has 1 aromatic carbocycles. The Morgan fingerprint density at radius 3 is 2.65 bits per heavy atom. The highest BCUT2D eigenvalue weighted by atomic mass is 16.5. The molecule has 0 amide bonds. The fourth-order valence-corrected chi connectivity index (χ4v) is 1.81. The van der Waals surface area contributed by atoms with E-state index in [4.69, 9.17) is 15.6 Å². The quantitative estimate of drug-likeness (QED) is 0.784. The Balaban J connectivity index is 3.01. The molecule has 2 unspecified atom stereocenters. The SMILES string of the molecule is COC(C)Cc1ccccc1C(CN)C(=O)O. The van der Waals surface area contributed by atoms with Crippen LogP contribution in [0.15, 0.2) is 24.3 Å². The standard InChI is InChI=1S/C13H19NO3/c1-9(17-2)7-10-5-3-4-6-11(10)12(8-14)13(15)16/h3-6,9,12H,7-8,14H2,1-2H3,(H,15,16). The average molecular weight is 237 g/mol. The smallest absolute Gasteiger partial charge is 0.312 e. The second kappa shape index (κ2) is 6.37. The number of aliphatic carboxylic acids is 1. The zero-order valence-corrected chi connectivity index (χ0v) is 10.2. The van der Waals surface area contributed by atoms with Crippen LogP contribution >= 0.6 is 0 Å². The highest BCUT2D eigenvalue weighted by Gasteiger charge is 2.21. The molecule has 0 fully saturated rings. The molecule has 0 aliphatic carbocycles. The van der Waals surface area contributed by atoms with Crippen molar-refractivity contribution in [2.45, 2.75) is 25.4 Å². The van der Waals surface area contributed by atoms with E-state index in [0.717, 1.165) is 11.1 Å². The monoisotopic (exact) mass is 237 g/mol. The van der Waals surface area contributed by atoms with Crippen molar-refractivity contribution in [2.24, 2.45) is 5.73 Å². The maximum absolute atomic E-state index is 11.1. The van der Waals surface area contributed by atoms with Crippen LogP contribution in [0.2, 0.25) is 0 Å². The van der Waals surface area contributed by atoms with Crippen molar-refractivity contribution in [1.82, 2.24) is 0 Å². The maximum atomic E-state index is 11.1. The van der Waals surface area contributed by atoms with E-state index in [2.05, 4.69) is 0 Å². The zero-order valence-electron chi connectivity index (χ0n) is 10.2. The van der Waals surface area contributed by atoms with Crippen molar-refractivity contribution in [3.63, 3.8) is 0 Å². The first-order valence-electron chi connectivity index (χ1n) is 5.63. The minimum Gasteiger partial charge on any atom is -0.481 e. The van der Waals surface area contributed by atoms with Crippen LogP contribution in [-0.2, 0) is 16.0 Å². The topological polar surface area (TPSA) is 72.5 Å². The highest BCUT2D eigenvalue weighted by molar-refractivity contribution is 5.77. The number of carboxylic acids is 1. The van der Waals surface area contributed by atoms with Gasteiger partial charge in [-0.25, -0.2) is 0 Å². The third-order valence-electron chi connectivity index (χ3n) is 2.87. The Hall–Kier alpha value is -1.39. The first-order valence-corrected chi connectivity index (χ1v) is 5.63. The summed E-state index contributed by atoms with van der Waals surface area (Å²) in [6, 6.07) is 7.48. The summed E-state index contributed by atoms with van der Waals surface area (Å²) in [5.74, 6) is -1.53. The molecule has 0 spiro atoms. The van der Waals surface area contributed by atoms with Gasteiger partial charge < -0.3 is 15.6 Å². The summed E-state index contributed by atoms with van der Waals surface area (Å²) >= 11 is 0. The van der Waals surface area contributed by atoms with Crippen LogP contribution in [-0.4, -0.2) is 30.8 Å². The minimum absolute atomic E-state index is 0.0587. The van der Waals surface area contributed by atoms with E-state index in [0.29, 0.717) is 6.42 Å². The van der Waals surface area contributed by atoms with Crippen LogP contribution < -0.4 is 5.73 Å². The number of methoxy groups -OCH3 is 1. The number of carboxylic acid groups (broad SMARTS) is 1. The molecule has 0 saturated heterocycles. The summed E-state index contributed by atoms with van der Waals surface area (Å²) in [7, 11) is 1.64. The molecule has 3 N–H and O–H groups in total. The number of hydrogen-bond donors (Lipinski definition) is 2. The summed E-state index contributed by atoms with van der Waals surface area (Å²) < 4.78 is 5.20. The highest BCUT2D eigenvalue weighted by Crippen LogP contribution is 2.21. The first-order chi connectivity index (χ1) is 8.10. The van der Waals surface area contributed by atoms with Crippen molar-refractivity contribution in [3.8, 4) is 0 Å². The van der Waals surface area contributed by atoms with Crippen LogP contribution in [0.3, 0.4) is 0 Å². The fourth-order valence-electron chi connectivity index (χ4n) is 1.81. The fraction of sp³-hybridized carbons (Fsp3) is 0.462. The van der Waals surface area contributed by atoms with E-state index in [1.807, 2.05) is 31.2 Å². The van der Waals surface area contributed by atoms with Gasteiger partial charge in [-0.3, -0.25) is 4.79 Å². The molecule has 0 radical (unpaired) electrons. The Bertz CT molecular complexity index is 379. The Morgan fingerprint density at radius 2 is 2.12 bits per heavy atom. The number of nitrogens with two attached hydrogens (primary N) is 1. The van der Waals surface area contributed by atoms with Crippen molar-refractivity contribution >= 4 is 5.97 Å². The molecule has 4 nitrogen and oxygen atoms in total. The average Bonchev–Trinajstić information content (AvgIpc) is 2.31. The lowest BCUT2D eigenvalue weighted by Gasteiger charge is -2.17. The van der Waals surface area contributed by atoms with Crippen molar-refractivity contribution in [1.29, 1.82) is 0 Å². The van der Waals surface area contributed by atoms with Crippen LogP contribution in [0.1, 0.15) is 24.0 Å². The number of rotatable bonds is 6. The van der Waals surface area contributed by atoms with E-state index in [1.54, 1.807) is 7.11 Å². The summed E-state index contributed by atoms with van der Waals surface area (Å²) in [6.45, 7) is 2.06. The second-order valence-electron chi connectivity index (χ2n) is 4.08. The zero-order chi connectivity index (χ0) is 12.8. The molecule has 0 aromatic heterocycles. The molecule has 4 heteroatoms. The van der Waals surface area contributed by atoms with Crippen LogP contribution in [0.4, 0.5) is 0 Å². The maximum Gasteiger partial charge on any atom is 0.312 e. The lowest BCUT2D eigenvalue weighted by Crippen LogP contribution is -2.23. The lowest BCUT2D eigenvalue weighted by molar-refractivity contribution is -0.138. The van der Waals surface area contributed by atoms with Gasteiger partial charge in [0.2, 0.25) is 0 Å². The molecule has 17 heavy (non-hydrogen) atoms. The minimum atomic E-state index is -0.884. The molecule has 0 bridgehead atoms. The predicted molar refractivity (Wildman–Crippen MR) is 66.0 cm³/mol. The summed E-state index contributed by atoms with van der Waals surface area (Å²) in [5.41, 5.74) is 7.30. The molecule has 0 saturated carbocycles. The third kappa shape index (κ3) is 3.54. The largest absolute Gasteiger partial charge is 0.481 e. The third-order valence-corrected chi connectivity index (χ3v) is 2.87. The van der Waals surface area contributed by atoms with Gasteiger partial charge in [0.1, 0.15) is 0 Å². The van der Waals surface area contributed by atoms with Gasteiger partial charge in [0.15, 0.2) is 0 Å². The van der Waals surface area contributed by atoms with Gasteiger partial charge in [0, 0.05) is 13.7 Å². The molecule has 0 aliphatic heterocycles. The molecule has 0 aliphatic rings. The molecule has 2 atom stereocenters. The summed E-state index contributed by atoms with van der Waals surface area (Å²) in [5, 5.41) is 9.13. The number of hydrogen-bond acceptors (Lipinski definition) is 3. The Morgan fingerprint density at radius 1 is 1.47 bits per heavy atom. The van der Waals surface area contributed by atoms with Crippen LogP contribution in [0.25, 0.3) is 0 Å². The Labute approximate surface area is 101 Å². The second-order valence-corrected chi connectivity index (χ2v) is 4.08. The first kappa shape index (κ1) is 13.7. The molecule has 1 aromatic rings. The summed E-state index contributed by atoms with van der Waals surface area (Å²) in [6.07, 6.45) is 0.750. The predicted octanol–water partition coefficient (Wildman–Crippen LogP) is 1.39.